The van der Waals surface area contributed by atoms with E-state index in [1.54, 1.807) is 13.8 Å². The van der Waals surface area contributed by atoms with Gasteiger partial charge in [-0.1, -0.05) is 13.8 Å². The molecule has 2 unspecified atom stereocenters. The summed E-state index contributed by atoms with van der Waals surface area (Å²) in [5, 5.41) is 20.6. The van der Waals surface area contributed by atoms with Crippen molar-refractivity contribution >= 4 is 11.9 Å². The molecule has 0 aromatic carbocycles. The molecule has 0 spiro atoms. The van der Waals surface area contributed by atoms with Gasteiger partial charge in [0.2, 0.25) is 0 Å². The zero-order valence-corrected chi connectivity index (χ0v) is 15.4. The van der Waals surface area contributed by atoms with Crippen LogP contribution in [-0.2, 0) is 9.59 Å². The second kappa shape index (κ2) is 11.7. The van der Waals surface area contributed by atoms with Crippen LogP contribution in [0.25, 0.3) is 0 Å². The summed E-state index contributed by atoms with van der Waals surface area (Å²) < 4.78 is 0. The van der Waals surface area contributed by atoms with Gasteiger partial charge in [-0.05, 0) is 18.8 Å². The molecule has 0 aromatic heterocycles. The van der Waals surface area contributed by atoms with Crippen LogP contribution < -0.4 is 113 Å². The number of hydrogen-bond acceptors (Lipinski definition) is 4. The van der Waals surface area contributed by atoms with E-state index in [0.717, 1.165) is 0 Å². The molecule has 6 heteroatoms. The van der Waals surface area contributed by atoms with Crippen LogP contribution in [0.15, 0.2) is 0 Å². The SMILES string of the molecule is CCC(C(=O)[O-])C(C)CC(=O)[O-].[K+].[K+]. The standard InChI is InChI=1S/C8H14O4.2K/c1-3-6(8(11)12)5(2)4-7(9)10;;/h5-6H,3-4H2,1-2H3,(H,9,10)(H,11,12);;/q;2*+1/p-2. The van der Waals surface area contributed by atoms with Crippen molar-refractivity contribution in [3.63, 3.8) is 0 Å². The van der Waals surface area contributed by atoms with Gasteiger partial charge in [0.1, 0.15) is 0 Å². The average molecular weight is 250 g/mol. The van der Waals surface area contributed by atoms with Gasteiger partial charge >= 0.3 is 103 Å². The average Bonchev–Trinajstić information content (AvgIpc) is 1.85. The van der Waals surface area contributed by atoms with E-state index in [9.17, 15) is 19.8 Å². The van der Waals surface area contributed by atoms with Crippen LogP contribution >= 0.6 is 0 Å². The van der Waals surface area contributed by atoms with Gasteiger partial charge in [0.05, 0.1) is 0 Å². The molecule has 0 saturated heterocycles. The minimum Gasteiger partial charge on any atom is -0.550 e. The molecule has 2 atom stereocenters. The third-order valence-corrected chi connectivity index (χ3v) is 1.92. The Morgan fingerprint density at radius 1 is 1.21 bits per heavy atom. The number of carbonyl (C=O) groups is 2. The zero-order chi connectivity index (χ0) is 9.72. The van der Waals surface area contributed by atoms with Crippen LogP contribution in [0, 0.1) is 11.8 Å². The van der Waals surface area contributed by atoms with Crippen LogP contribution in [0.2, 0.25) is 0 Å². The summed E-state index contributed by atoms with van der Waals surface area (Å²) in [6.45, 7) is 3.26. The van der Waals surface area contributed by atoms with Crippen molar-refractivity contribution in [3.05, 3.63) is 0 Å². The quantitative estimate of drug-likeness (QED) is 0.454. The number of rotatable bonds is 5. The summed E-state index contributed by atoms with van der Waals surface area (Å²) in [5.74, 6) is -3.53. The van der Waals surface area contributed by atoms with E-state index in [2.05, 4.69) is 0 Å². The van der Waals surface area contributed by atoms with Gasteiger partial charge in [0, 0.05) is 17.9 Å². The molecule has 0 saturated carbocycles. The van der Waals surface area contributed by atoms with Crippen molar-refractivity contribution in [2.24, 2.45) is 11.8 Å². The number of carboxylic acid groups (broad SMARTS) is 2. The Kier molecular flexibility index (Phi) is 17.9. The van der Waals surface area contributed by atoms with Crippen molar-refractivity contribution in [2.75, 3.05) is 0 Å². The fourth-order valence-corrected chi connectivity index (χ4v) is 1.21. The fourth-order valence-electron chi connectivity index (χ4n) is 1.21. The molecule has 14 heavy (non-hydrogen) atoms. The molecule has 0 heterocycles. The molecule has 0 aliphatic rings. The first kappa shape index (κ1) is 21.5. The van der Waals surface area contributed by atoms with Gasteiger partial charge in [-0.25, -0.2) is 0 Å². The van der Waals surface area contributed by atoms with Crippen LogP contribution in [-0.4, -0.2) is 11.9 Å². The summed E-state index contributed by atoms with van der Waals surface area (Å²) in [4.78, 5) is 20.6. The summed E-state index contributed by atoms with van der Waals surface area (Å²) in [5.41, 5.74) is 0. The molecule has 70 valence electrons. The van der Waals surface area contributed by atoms with Gasteiger partial charge in [0.15, 0.2) is 0 Å². The van der Waals surface area contributed by atoms with E-state index in [1.165, 1.54) is 0 Å². The molecule has 4 nitrogen and oxygen atoms in total. The van der Waals surface area contributed by atoms with Crippen molar-refractivity contribution in [1.29, 1.82) is 0 Å². The minimum atomic E-state index is -1.22. The molecule has 0 aliphatic carbocycles. The van der Waals surface area contributed by atoms with Gasteiger partial charge in [-0.3, -0.25) is 0 Å². The van der Waals surface area contributed by atoms with Crippen LogP contribution in [0.5, 0.6) is 0 Å². The summed E-state index contributed by atoms with van der Waals surface area (Å²) in [6.07, 6.45) is 0.156. The second-order valence-electron chi connectivity index (χ2n) is 2.89. The maximum absolute atomic E-state index is 10.4. The molecule has 0 amide bonds. The van der Waals surface area contributed by atoms with Gasteiger partial charge < -0.3 is 19.8 Å². The summed E-state index contributed by atoms with van der Waals surface area (Å²) in [7, 11) is 0. The monoisotopic (exact) mass is 250 g/mol. The Morgan fingerprint density at radius 3 is 1.86 bits per heavy atom. The van der Waals surface area contributed by atoms with Gasteiger partial charge in [0.25, 0.3) is 0 Å². The van der Waals surface area contributed by atoms with E-state index in [1.807, 2.05) is 0 Å². The maximum atomic E-state index is 10.4. The van der Waals surface area contributed by atoms with Crippen LogP contribution in [0.4, 0.5) is 0 Å². The first-order valence-electron chi connectivity index (χ1n) is 3.89. The van der Waals surface area contributed by atoms with Crippen molar-refractivity contribution in [2.45, 2.75) is 26.7 Å². The van der Waals surface area contributed by atoms with Crippen molar-refractivity contribution in [3.8, 4) is 0 Å². The van der Waals surface area contributed by atoms with E-state index in [4.69, 9.17) is 0 Å². The van der Waals surface area contributed by atoms with Crippen LogP contribution in [0.1, 0.15) is 26.7 Å². The first-order chi connectivity index (χ1) is 5.49. The molecule has 0 aromatic rings. The minimum absolute atomic E-state index is 0. The second-order valence-corrected chi connectivity index (χ2v) is 2.89. The zero-order valence-electron chi connectivity index (χ0n) is 9.20. The molecule has 0 radical (unpaired) electrons. The van der Waals surface area contributed by atoms with E-state index < -0.39 is 23.8 Å². The number of carboxylic acids is 2. The molecule has 0 aliphatic heterocycles. The predicted molar refractivity (Wildman–Crippen MR) is 37.6 cm³/mol. The Morgan fingerprint density at radius 2 is 1.64 bits per heavy atom. The Balaban J connectivity index is -0.000000605. The molecule has 0 rings (SSSR count). The Bertz CT molecular complexity index is 184. The van der Waals surface area contributed by atoms with E-state index in [-0.39, 0.29) is 109 Å². The number of aliphatic carboxylic acids is 2. The Hall–Kier alpha value is 2.21. The molecule has 0 bridgehead atoms. The van der Waals surface area contributed by atoms with E-state index >= 15 is 0 Å². The predicted octanol–water partition coefficient (Wildman–Crippen LogP) is -7.45. The molecule has 0 N–H and O–H groups in total. The number of hydrogen-bond donors (Lipinski definition) is 0. The van der Waals surface area contributed by atoms with Gasteiger partial charge in [-0.15, -0.1) is 0 Å². The van der Waals surface area contributed by atoms with E-state index in [0.29, 0.717) is 6.42 Å². The fraction of sp³-hybridized carbons (Fsp3) is 0.750. The normalized spacial score (nSPS) is 13.0. The van der Waals surface area contributed by atoms with Crippen molar-refractivity contribution in [1.82, 2.24) is 0 Å². The van der Waals surface area contributed by atoms with Gasteiger partial charge in [-0.2, -0.15) is 0 Å². The topological polar surface area (TPSA) is 80.3 Å². The molecule has 0 fully saturated rings. The number of carbonyl (C=O) groups excluding carboxylic acids is 2. The Labute approximate surface area is 169 Å². The first-order valence-corrected chi connectivity index (χ1v) is 3.89. The molecular weight excluding hydrogens is 238 g/mol. The smallest absolute Gasteiger partial charge is 0.550 e. The third kappa shape index (κ3) is 9.44. The molecular formula is C8H12K2O4. The summed E-state index contributed by atoms with van der Waals surface area (Å²) >= 11 is 0. The van der Waals surface area contributed by atoms with Crippen molar-refractivity contribution < 1.29 is 123 Å². The third-order valence-electron chi connectivity index (χ3n) is 1.92. The maximum Gasteiger partial charge on any atom is 1.00 e. The van der Waals surface area contributed by atoms with Crippen LogP contribution in [0.3, 0.4) is 0 Å². The summed E-state index contributed by atoms with van der Waals surface area (Å²) in [6, 6.07) is 0. The largest absolute Gasteiger partial charge is 1.00 e.